The molecule has 1 aromatic carbocycles. The molecule has 1 fully saturated rings. The molecule has 0 spiro atoms. The molecule has 0 aliphatic carbocycles. The van der Waals surface area contributed by atoms with E-state index in [1.807, 2.05) is 35.2 Å². The van der Waals surface area contributed by atoms with Crippen molar-refractivity contribution in [2.45, 2.75) is 24.1 Å². The molecule has 2 aromatic rings. The third kappa shape index (κ3) is 4.22. The first-order valence-corrected chi connectivity index (χ1v) is 9.90. The molecular weight excluding hydrogens is 346 g/mol. The molecule has 0 saturated carbocycles. The second-order valence-corrected chi connectivity index (χ2v) is 8.60. The van der Waals surface area contributed by atoms with Crippen LogP contribution in [0.1, 0.15) is 19.8 Å². The van der Waals surface area contributed by atoms with E-state index in [4.69, 9.17) is 12.2 Å². The lowest BCUT2D eigenvalue weighted by atomic mass is 10.0. The number of hydrogen-bond donors (Lipinski definition) is 0. The van der Waals surface area contributed by atoms with Crippen LogP contribution in [0, 0.1) is 9.87 Å². The van der Waals surface area contributed by atoms with E-state index in [0.29, 0.717) is 15.6 Å². The standard InChI is InChI=1S/C16H19N3OS3/c1-12-6-5-9-18(10-12)14(20)11-22-15-17-19(16(21)23-15)13-7-3-2-4-8-13/h2-4,7-8,12H,5-6,9-11H2,1H3. The first-order valence-electron chi connectivity index (χ1n) is 7.69. The third-order valence-corrected chi connectivity index (χ3v) is 6.21. The molecular formula is C16H19N3OS3. The number of carbonyl (C=O) groups is 1. The molecule has 1 unspecified atom stereocenters. The van der Waals surface area contributed by atoms with Gasteiger partial charge in [-0.2, -0.15) is 0 Å². The summed E-state index contributed by atoms with van der Waals surface area (Å²) in [7, 11) is 0. The van der Waals surface area contributed by atoms with E-state index in [1.165, 1.54) is 29.5 Å². The SMILES string of the molecule is CC1CCCN(C(=O)CSc2nn(-c3ccccc3)c(=S)s2)C1. The third-order valence-electron chi connectivity index (χ3n) is 3.86. The van der Waals surface area contributed by atoms with Crippen molar-refractivity contribution in [1.82, 2.24) is 14.7 Å². The van der Waals surface area contributed by atoms with E-state index in [0.717, 1.165) is 29.5 Å². The van der Waals surface area contributed by atoms with Gasteiger partial charge in [-0.25, -0.2) is 4.68 Å². The van der Waals surface area contributed by atoms with Gasteiger partial charge in [0, 0.05) is 13.1 Å². The number of nitrogens with zero attached hydrogens (tertiary/aromatic N) is 3. The molecule has 1 atom stereocenters. The van der Waals surface area contributed by atoms with Crippen LogP contribution in [0.15, 0.2) is 34.7 Å². The number of thioether (sulfide) groups is 1. The lowest BCUT2D eigenvalue weighted by molar-refractivity contribution is -0.130. The molecule has 1 aliphatic heterocycles. The number of rotatable bonds is 4. The number of para-hydroxylation sites is 1. The summed E-state index contributed by atoms with van der Waals surface area (Å²) < 4.78 is 3.31. The second-order valence-electron chi connectivity index (χ2n) is 5.76. The van der Waals surface area contributed by atoms with Crippen molar-refractivity contribution in [3.05, 3.63) is 34.3 Å². The lowest BCUT2D eigenvalue weighted by Gasteiger charge is -2.30. The topological polar surface area (TPSA) is 38.1 Å². The Bertz CT molecular complexity index is 726. The largest absolute Gasteiger partial charge is 0.342 e. The van der Waals surface area contributed by atoms with Crippen molar-refractivity contribution >= 4 is 41.2 Å². The highest BCUT2D eigenvalue weighted by molar-refractivity contribution is 8.01. The zero-order valence-corrected chi connectivity index (χ0v) is 15.4. The molecule has 1 aromatic heterocycles. The normalized spacial score (nSPS) is 18.1. The maximum atomic E-state index is 12.3. The average Bonchev–Trinajstić information content (AvgIpc) is 2.94. The number of benzene rings is 1. The Balaban J connectivity index is 1.63. The Morgan fingerprint density at radius 2 is 2.22 bits per heavy atom. The molecule has 0 bridgehead atoms. The fourth-order valence-electron chi connectivity index (χ4n) is 2.68. The van der Waals surface area contributed by atoms with Crippen LogP contribution in [-0.2, 0) is 4.79 Å². The molecule has 3 rings (SSSR count). The summed E-state index contributed by atoms with van der Waals surface area (Å²) in [6, 6.07) is 9.84. The van der Waals surface area contributed by atoms with Crippen LogP contribution < -0.4 is 0 Å². The number of likely N-dealkylation sites (tertiary alicyclic amines) is 1. The molecule has 1 saturated heterocycles. The Kier molecular flexibility index (Phi) is 5.50. The van der Waals surface area contributed by atoms with Crippen LogP contribution in [0.4, 0.5) is 0 Å². The Morgan fingerprint density at radius 3 is 2.96 bits per heavy atom. The van der Waals surface area contributed by atoms with Gasteiger partial charge in [-0.1, -0.05) is 48.2 Å². The molecule has 1 aliphatic rings. The molecule has 1 amide bonds. The van der Waals surface area contributed by atoms with Crippen molar-refractivity contribution < 1.29 is 4.79 Å². The fraction of sp³-hybridized carbons (Fsp3) is 0.438. The summed E-state index contributed by atoms with van der Waals surface area (Å²) in [6.07, 6.45) is 2.33. The second kappa shape index (κ2) is 7.59. The van der Waals surface area contributed by atoms with E-state index < -0.39 is 0 Å². The first-order chi connectivity index (χ1) is 11.1. The van der Waals surface area contributed by atoms with Gasteiger partial charge in [0.25, 0.3) is 0 Å². The molecule has 2 heterocycles. The lowest BCUT2D eigenvalue weighted by Crippen LogP contribution is -2.40. The highest BCUT2D eigenvalue weighted by atomic mass is 32.2. The van der Waals surface area contributed by atoms with E-state index >= 15 is 0 Å². The summed E-state index contributed by atoms with van der Waals surface area (Å²) in [6.45, 7) is 3.98. The van der Waals surface area contributed by atoms with E-state index in [1.54, 1.807) is 4.68 Å². The minimum Gasteiger partial charge on any atom is -0.342 e. The van der Waals surface area contributed by atoms with Crippen LogP contribution in [0.3, 0.4) is 0 Å². The quantitative estimate of drug-likeness (QED) is 0.606. The van der Waals surface area contributed by atoms with Crippen molar-refractivity contribution in [2.24, 2.45) is 5.92 Å². The van der Waals surface area contributed by atoms with E-state index in [9.17, 15) is 4.79 Å². The number of hydrogen-bond acceptors (Lipinski definition) is 5. The summed E-state index contributed by atoms with van der Waals surface area (Å²) in [5, 5.41) is 4.54. The van der Waals surface area contributed by atoms with Gasteiger partial charge >= 0.3 is 0 Å². The number of amides is 1. The number of piperidine rings is 1. The Hall–Kier alpha value is -1.18. The number of carbonyl (C=O) groups excluding carboxylic acids is 1. The molecule has 0 radical (unpaired) electrons. The summed E-state index contributed by atoms with van der Waals surface area (Å²) >= 11 is 8.32. The first kappa shape index (κ1) is 16.7. The maximum absolute atomic E-state index is 12.3. The molecule has 7 heteroatoms. The van der Waals surface area contributed by atoms with Gasteiger partial charge in [0.15, 0.2) is 8.29 Å². The number of aromatic nitrogens is 2. The maximum Gasteiger partial charge on any atom is 0.233 e. The summed E-state index contributed by atoms with van der Waals surface area (Å²) in [5.74, 6) is 1.25. The van der Waals surface area contributed by atoms with Crippen LogP contribution in [0.25, 0.3) is 5.69 Å². The Morgan fingerprint density at radius 1 is 1.43 bits per heavy atom. The smallest absolute Gasteiger partial charge is 0.233 e. The van der Waals surface area contributed by atoms with Gasteiger partial charge in [0.05, 0.1) is 11.4 Å². The van der Waals surface area contributed by atoms with E-state index in [-0.39, 0.29) is 5.91 Å². The zero-order chi connectivity index (χ0) is 16.2. The van der Waals surface area contributed by atoms with Gasteiger partial charge < -0.3 is 4.90 Å². The van der Waals surface area contributed by atoms with Gasteiger partial charge in [0.1, 0.15) is 0 Å². The molecule has 0 N–H and O–H groups in total. The van der Waals surface area contributed by atoms with Crippen molar-refractivity contribution in [3.8, 4) is 5.69 Å². The van der Waals surface area contributed by atoms with Gasteiger partial charge in [-0.05, 0) is 43.1 Å². The fourth-order valence-corrected chi connectivity index (χ4v) is 4.95. The highest BCUT2D eigenvalue weighted by Crippen LogP contribution is 2.25. The Labute approximate surface area is 149 Å². The van der Waals surface area contributed by atoms with Crippen molar-refractivity contribution in [2.75, 3.05) is 18.8 Å². The predicted molar refractivity (Wildman–Crippen MR) is 98.0 cm³/mol. The van der Waals surface area contributed by atoms with Crippen LogP contribution in [0.5, 0.6) is 0 Å². The van der Waals surface area contributed by atoms with Crippen LogP contribution >= 0.6 is 35.3 Å². The highest BCUT2D eigenvalue weighted by Gasteiger charge is 2.21. The van der Waals surface area contributed by atoms with Gasteiger partial charge in [0.2, 0.25) is 5.91 Å². The van der Waals surface area contributed by atoms with Crippen LogP contribution in [-0.4, -0.2) is 39.4 Å². The monoisotopic (exact) mass is 365 g/mol. The zero-order valence-electron chi connectivity index (χ0n) is 13.0. The van der Waals surface area contributed by atoms with Gasteiger partial charge in [-0.3, -0.25) is 4.79 Å². The average molecular weight is 366 g/mol. The van der Waals surface area contributed by atoms with E-state index in [2.05, 4.69) is 12.0 Å². The van der Waals surface area contributed by atoms with Gasteiger partial charge in [-0.15, -0.1) is 5.10 Å². The van der Waals surface area contributed by atoms with Crippen molar-refractivity contribution in [3.63, 3.8) is 0 Å². The van der Waals surface area contributed by atoms with Crippen molar-refractivity contribution in [1.29, 1.82) is 0 Å². The minimum absolute atomic E-state index is 0.203. The van der Waals surface area contributed by atoms with Crippen LogP contribution in [0.2, 0.25) is 0 Å². The summed E-state index contributed by atoms with van der Waals surface area (Å²) in [5.41, 5.74) is 0.955. The molecule has 4 nitrogen and oxygen atoms in total. The minimum atomic E-state index is 0.203. The molecule has 122 valence electrons. The predicted octanol–water partition coefficient (Wildman–Crippen LogP) is 4.01. The summed E-state index contributed by atoms with van der Waals surface area (Å²) in [4.78, 5) is 14.3. The molecule has 23 heavy (non-hydrogen) atoms.